The Morgan fingerprint density at radius 2 is 2.00 bits per heavy atom. The Balaban J connectivity index is 1.76. The number of aromatic nitrogens is 5. The molecule has 0 unspecified atom stereocenters. The standard InChI is InChI=1S/C15H13N5S/c1-19-9-11(8-16-19)10-21-15-18-17-14-7-6-12-4-2-3-5-13(12)20(14)15/h2-9H,10H2,1H3. The number of aryl methyl sites for hydroxylation is 1. The van der Waals surface area contributed by atoms with Gasteiger partial charge in [-0.1, -0.05) is 30.0 Å². The fraction of sp³-hybridized carbons (Fsp3) is 0.133. The number of hydrogen-bond acceptors (Lipinski definition) is 4. The zero-order valence-corrected chi connectivity index (χ0v) is 12.3. The minimum absolute atomic E-state index is 0.831. The van der Waals surface area contributed by atoms with Crippen molar-refractivity contribution in [3.05, 3.63) is 54.4 Å². The molecule has 6 heteroatoms. The lowest BCUT2D eigenvalue weighted by Gasteiger charge is -2.03. The molecule has 5 nitrogen and oxygen atoms in total. The van der Waals surface area contributed by atoms with E-state index < -0.39 is 0 Å². The van der Waals surface area contributed by atoms with Crippen molar-refractivity contribution >= 4 is 28.3 Å². The molecule has 4 aromatic rings. The normalized spacial score (nSPS) is 11.5. The molecule has 0 saturated heterocycles. The van der Waals surface area contributed by atoms with Crippen LogP contribution in [-0.2, 0) is 12.8 Å². The lowest BCUT2D eigenvalue weighted by Crippen LogP contribution is -1.91. The molecule has 0 atom stereocenters. The smallest absolute Gasteiger partial charge is 0.196 e. The first kappa shape index (κ1) is 12.4. The molecule has 21 heavy (non-hydrogen) atoms. The van der Waals surface area contributed by atoms with E-state index in [4.69, 9.17) is 0 Å². The van der Waals surface area contributed by atoms with Gasteiger partial charge in [0, 0.05) is 24.6 Å². The van der Waals surface area contributed by atoms with Gasteiger partial charge in [0.2, 0.25) is 0 Å². The Kier molecular flexibility index (Phi) is 2.89. The molecule has 0 amide bonds. The Morgan fingerprint density at radius 3 is 2.86 bits per heavy atom. The van der Waals surface area contributed by atoms with Crippen molar-refractivity contribution < 1.29 is 0 Å². The predicted molar refractivity (Wildman–Crippen MR) is 83.3 cm³/mol. The summed E-state index contributed by atoms with van der Waals surface area (Å²) in [5.41, 5.74) is 3.19. The molecule has 4 rings (SSSR count). The number of hydrogen-bond donors (Lipinski definition) is 0. The van der Waals surface area contributed by atoms with E-state index >= 15 is 0 Å². The van der Waals surface area contributed by atoms with Gasteiger partial charge in [-0.05, 0) is 23.6 Å². The van der Waals surface area contributed by atoms with Crippen LogP contribution in [0.4, 0.5) is 0 Å². The number of pyridine rings is 1. The Hall–Kier alpha value is -2.34. The first-order valence-electron chi connectivity index (χ1n) is 6.64. The maximum Gasteiger partial charge on any atom is 0.196 e. The molecule has 104 valence electrons. The van der Waals surface area contributed by atoms with E-state index in [-0.39, 0.29) is 0 Å². The molecule has 0 aliphatic heterocycles. The molecule has 0 aliphatic carbocycles. The Morgan fingerprint density at radius 1 is 1.10 bits per heavy atom. The van der Waals surface area contributed by atoms with Crippen LogP contribution in [0.15, 0.2) is 53.9 Å². The molecular formula is C15H13N5S. The minimum atomic E-state index is 0.831. The highest BCUT2D eigenvalue weighted by molar-refractivity contribution is 7.98. The van der Waals surface area contributed by atoms with Crippen LogP contribution in [0.1, 0.15) is 5.56 Å². The van der Waals surface area contributed by atoms with Gasteiger partial charge in [0.25, 0.3) is 0 Å². The monoisotopic (exact) mass is 295 g/mol. The summed E-state index contributed by atoms with van der Waals surface area (Å²) < 4.78 is 3.92. The van der Waals surface area contributed by atoms with Crippen LogP contribution in [0.3, 0.4) is 0 Å². The fourth-order valence-electron chi connectivity index (χ4n) is 2.40. The maximum atomic E-state index is 4.32. The average molecular weight is 295 g/mol. The van der Waals surface area contributed by atoms with E-state index in [0.29, 0.717) is 0 Å². The van der Waals surface area contributed by atoms with Gasteiger partial charge in [-0.2, -0.15) is 5.10 Å². The van der Waals surface area contributed by atoms with E-state index in [1.807, 2.05) is 42.3 Å². The predicted octanol–water partition coefficient (Wildman–Crippen LogP) is 2.91. The molecule has 0 radical (unpaired) electrons. The molecule has 0 aliphatic rings. The SMILES string of the molecule is Cn1cc(CSc2nnc3ccc4ccccc4n23)cn1. The molecule has 0 spiro atoms. The molecule has 0 saturated carbocycles. The van der Waals surface area contributed by atoms with Gasteiger partial charge in [-0.25, -0.2) is 0 Å². The molecule has 3 aromatic heterocycles. The Bertz CT molecular complexity index is 924. The van der Waals surface area contributed by atoms with Crippen molar-refractivity contribution in [3.8, 4) is 0 Å². The summed E-state index contributed by atoms with van der Waals surface area (Å²) in [7, 11) is 1.92. The quantitative estimate of drug-likeness (QED) is 0.545. The van der Waals surface area contributed by atoms with Gasteiger partial charge in [-0.3, -0.25) is 9.08 Å². The van der Waals surface area contributed by atoms with Crippen molar-refractivity contribution in [3.63, 3.8) is 0 Å². The number of para-hydroxylation sites is 1. The van der Waals surface area contributed by atoms with E-state index in [1.54, 1.807) is 11.8 Å². The molecule has 0 fully saturated rings. The van der Waals surface area contributed by atoms with Crippen molar-refractivity contribution in [2.24, 2.45) is 7.05 Å². The highest BCUT2D eigenvalue weighted by Crippen LogP contribution is 2.25. The van der Waals surface area contributed by atoms with Gasteiger partial charge in [0.15, 0.2) is 10.8 Å². The largest absolute Gasteiger partial charge is 0.276 e. The van der Waals surface area contributed by atoms with Crippen molar-refractivity contribution in [1.29, 1.82) is 0 Å². The summed E-state index contributed by atoms with van der Waals surface area (Å²) in [4.78, 5) is 0. The summed E-state index contributed by atoms with van der Waals surface area (Å²) in [6, 6.07) is 12.4. The van der Waals surface area contributed by atoms with Crippen LogP contribution in [0.25, 0.3) is 16.6 Å². The number of fused-ring (bicyclic) bond motifs is 3. The first-order valence-corrected chi connectivity index (χ1v) is 7.63. The fourth-order valence-corrected chi connectivity index (χ4v) is 3.26. The zero-order chi connectivity index (χ0) is 14.2. The van der Waals surface area contributed by atoms with Crippen LogP contribution in [0.2, 0.25) is 0 Å². The summed E-state index contributed by atoms with van der Waals surface area (Å²) >= 11 is 1.67. The third-order valence-corrected chi connectivity index (χ3v) is 4.37. The minimum Gasteiger partial charge on any atom is -0.276 e. The zero-order valence-electron chi connectivity index (χ0n) is 11.5. The lowest BCUT2D eigenvalue weighted by atomic mass is 10.2. The van der Waals surface area contributed by atoms with Crippen LogP contribution in [0, 0.1) is 0 Å². The van der Waals surface area contributed by atoms with Crippen molar-refractivity contribution in [1.82, 2.24) is 24.4 Å². The highest BCUT2D eigenvalue weighted by Gasteiger charge is 2.09. The third kappa shape index (κ3) is 2.17. The average Bonchev–Trinajstić information content (AvgIpc) is 3.11. The van der Waals surface area contributed by atoms with Gasteiger partial charge in [0.1, 0.15) is 0 Å². The summed E-state index contributed by atoms with van der Waals surface area (Å²) in [6.07, 6.45) is 3.91. The molecule has 1 aromatic carbocycles. The van der Waals surface area contributed by atoms with E-state index in [9.17, 15) is 0 Å². The highest BCUT2D eigenvalue weighted by atomic mass is 32.2. The maximum absolute atomic E-state index is 4.32. The van der Waals surface area contributed by atoms with Gasteiger partial charge in [0.05, 0.1) is 11.7 Å². The number of nitrogens with zero attached hydrogens (tertiary/aromatic N) is 5. The topological polar surface area (TPSA) is 48.0 Å². The summed E-state index contributed by atoms with van der Waals surface area (Å²) in [5, 5.41) is 14.9. The van der Waals surface area contributed by atoms with Crippen LogP contribution >= 0.6 is 11.8 Å². The number of rotatable bonds is 3. The van der Waals surface area contributed by atoms with Gasteiger partial charge >= 0.3 is 0 Å². The number of benzene rings is 1. The van der Waals surface area contributed by atoms with Crippen LogP contribution in [0.5, 0.6) is 0 Å². The van der Waals surface area contributed by atoms with Gasteiger partial charge < -0.3 is 0 Å². The second kappa shape index (κ2) is 4.89. The van der Waals surface area contributed by atoms with E-state index in [2.05, 4.69) is 37.9 Å². The van der Waals surface area contributed by atoms with Crippen molar-refractivity contribution in [2.45, 2.75) is 10.9 Å². The lowest BCUT2D eigenvalue weighted by molar-refractivity contribution is 0.767. The van der Waals surface area contributed by atoms with Gasteiger partial charge in [-0.15, -0.1) is 10.2 Å². The van der Waals surface area contributed by atoms with Crippen molar-refractivity contribution in [2.75, 3.05) is 0 Å². The summed E-state index contributed by atoms with van der Waals surface area (Å²) in [5.74, 6) is 0.831. The summed E-state index contributed by atoms with van der Waals surface area (Å²) in [6.45, 7) is 0. The molecular weight excluding hydrogens is 282 g/mol. The van der Waals surface area contributed by atoms with E-state index in [0.717, 1.165) is 22.1 Å². The molecule has 0 bridgehead atoms. The molecule has 0 N–H and O–H groups in total. The first-order chi connectivity index (χ1) is 10.3. The van der Waals surface area contributed by atoms with Crippen LogP contribution < -0.4 is 0 Å². The second-order valence-electron chi connectivity index (χ2n) is 4.88. The number of thioether (sulfide) groups is 1. The molecule has 3 heterocycles. The Labute approximate surface area is 125 Å². The van der Waals surface area contributed by atoms with E-state index in [1.165, 1.54) is 10.9 Å². The second-order valence-corrected chi connectivity index (χ2v) is 5.82. The third-order valence-electron chi connectivity index (χ3n) is 3.37. The van der Waals surface area contributed by atoms with Crippen LogP contribution in [-0.4, -0.2) is 24.4 Å².